The average Bonchev–Trinajstić information content (AvgIpc) is 3.16. The molecule has 1 N–H and O–H groups in total. The number of hydrogen-bond acceptors (Lipinski definition) is 6. The summed E-state index contributed by atoms with van der Waals surface area (Å²) in [5, 5.41) is 10.3. The van der Waals surface area contributed by atoms with Crippen molar-refractivity contribution in [2.75, 3.05) is 19.5 Å². The van der Waals surface area contributed by atoms with Gasteiger partial charge < -0.3 is 14.8 Å². The van der Waals surface area contributed by atoms with Crippen LogP contribution in [-0.4, -0.2) is 39.9 Å². The monoisotopic (exact) mass is 403 g/mol. The normalized spacial score (nSPS) is 10.4. The van der Waals surface area contributed by atoms with Gasteiger partial charge in [0.1, 0.15) is 35.7 Å². The molecule has 0 fully saturated rings. The van der Waals surface area contributed by atoms with E-state index in [-0.39, 0.29) is 5.69 Å². The van der Waals surface area contributed by atoms with Gasteiger partial charge in [0.15, 0.2) is 0 Å². The van der Waals surface area contributed by atoms with E-state index < -0.39 is 5.91 Å². The highest BCUT2D eigenvalue weighted by molar-refractivity contribution is 9.10. The first-order valence-electron chi connectivity index (χ1n) is 7.17. The van der Waals surface area contributed by atoms with Crippen LogP contribution in [0.5, 0.6) is 11.5 Å². The van der Waals surface area contributed by atoms with Crippen molar-refractivity contribution in [3.63, 3.8) is 0 Å². The number of carbonyl (C=O) groups excluding carboxylic acids is 1. The third kappa shape index (κ3) is 3.61. The first-order chi connectivity index (χ1) is 12.1. The number of pyridine rings is 1. The van der Waals surface area contributed by atoms with E-state index in [0.29, 0.717) is 27.5 Å². The Morgan fingerprint density at radius 2 is 1.88 bits per heavy atom. The molecule has 9 heteroatoms. The Bertz CT molecular complexity index is 899. The Hall–Kier alpha value is -2.94. The summed E-state index contributed by atoms with van der Waals surface area (Å²) < 4.78 is 12.6. The van der Waals surface area contributed by atoms with Crippen molar-refractivity contribution in [1.82, 2.24) is 19.7 Å². The van der Waals surface area contributed by atoms with Gasteiger partial charge in [-0.3, -0.25) is 9.36 Å². The molecular formula is C16H14BrN5O3. The Kier molecular flexibility index (Phi) is 4.94. The number of ether oxygens (including phenoxy) is 2. The second-order valence-electron chi connectivity index (χ2n) is 4.89. The second-order valence-corrected chi connectivity index (χ2v) is 5.74. The number of halogens is 1. The molecule has 128 valence electrons. The van der Waals surface area contributed by atoms with E-state index in [4.69, 9.17) is 9.47 Å². The maximum absolute atomic E-state index is 12.7. The minimum atomic E-state index is -0.395. The van der Waals surface area contributed by atoms with Gasteiger partial charge in [-0.05, 0) is 40.2 Å². The lowest BCUT2D eigenvalue weighted by Gasteiger charge is -2.12. The molecule has 0 spiro atoms. The first kappa shape index (κ1) is 16.9. The Morgan fingerprint density at radius 3 is 2.56 bits per heavy atom. The van der Waals surface area contributed by atoms with Crippen LogP contribution < -0.4 is 14.8 Å². The summed E-state index contributed by atoms with van der Waals surface area (Å²) >= 11 is 3.35. The highest BCUT2D eigenvalue weighted by Gasteiger charge is 2.16. The number of benzene rings is 1. The molecular weight excluding hydrogens is 390 g/mol. The predicted octanol–water partition coefficient (Wildman–Crippen LogP) is 2.69. The standard InChI is InChI=1S/C16H14BrN5O3/c1-24-10-3-5-13(25-2)12(7-10)20-16(23)15-11(17)4-6-14(21-15)22-8-18-19-9-22/h3-9H,1-2H3,(H,20,23). The lowest BCUT2D eigenvalue weighted by Crippen LogP contribution is -2.16. The van der Waals surface area contributed by atoms with Crippen LogP contribution in [0, 0.1) is 0 Å². The van der Waals surface area contributed by atoms with Gasteiger partial charge in [-0.1, -0.05) is 0 Å². The molecule has 0 unspecified atom stereocenters. The number of nitrogens with zero attached hydrogens (tertiary/aromatic N) is 4. The van der Waals surface area contributed by atoms with E-state index in [1.165, 1.54) is 19.8 Å². The van der Waals surface area contributed by atoms with Gasteiger partial charge in [0, 0.05) is 10.5 Å². The summed E-state index contributed by atoms with van der Waals surface area (Å²) in [5.41, 5.74) is 0.700. The summed E-state index contributed by atoms with van der Waals surface area (Å²) in [6.07, 6.45) is 3.01. The molecule has 0 radical (unpaired) electrons. The lowest BCUT2D eigenvalue weighted by molar-refractivity contribution is 0.102. The van der Waals surface area contributed by atoms with Crippen molar-refractivity contribution in [3.8, 4) is 17.3 Å². The average molecular weight is 404 g/mol. The van der Waals surface area contributed by atoms with Crippen LogP contribution in [0.25, 0.3) is 5.82 Å². The minimum Gasteiger partial charge on any atom is -0.497 e. The molecule has 8 nitrogen and oxygen atoms in total. The molecule has 3 rings (SSSR count). The number of methoxy groups -OCH3 is 2. The van der Waals surface area contributed by atoms with E-state index in [0.717, 1.165) is 0 Å². The van der Waals surface area contributed by atoms with Crippen LogP contribution in [0.2, 0.25) is 0 Å². The summed E-state index contributed by atoms with van der Waals surface area (Å²) in [5.74, 6) is 1.24. The zero-order valence-electron chi connectivity index (χ0n) is 13.4. The molecule has 3 aromatic rings. The van der Waals surface area contributed by atoms with Gasteiger partial charge in [-0.2, -0.15) is 0 Å². The molecule has 1 aromatic carbocycles. The van der Waals surface area contributed by atoms with E-state index >= 15 is 0 Å². The molecule has 0 saturated heterocycles. The number of anilines is 1. The van der Waals surface area contributed by atoms with Crippen molar-refractivity contribution in [2.45, 2.75) is 0 Å². The maximum Gasteiger partial charge on any atom is 0.275 e. The van der Waals surface area contributed by atoms with Crippen molar-refractivity contribution in [3.05, 3.63) is 53.2 Å². The SMILES string of the molecule is COc1ccc(OC)c(NC(=O)c2nc(-n3cnnc3)ccc2Br)c1. The highest BCUT2D eigenvalue weighted by atomic mass is 79.9. The van der Waals surface area contributed by atoms with Gasteiger partial charge in [-0.15, -0.1) is 10.2 Å². The molecule has 0 aliphatic heterocycles. The predicted molar refractivity (Wildman–Crippen MR) is 94.4 cm³/mol. The molecule has 1 amide bonds. The summed E-state index contributed by atoms with van der Waals surface area (Å²) in [7, 11) is 3.08. The lowest BCUT2D eigenvalue weighted by atomic mass is 10.2. The van der Waals surface area contributed by atoms with E-state index in [9.17, 15) is 4.79 Å². The van der Waals surface area contributed by atoms with Gasteiger partial charge in [-0.25, -0.2) is 4.98 Å². The third-order valence-corrected chi connectivity index (χ3v) is 4.02. The molecule has 0 atom stereocenters. The summed E-state index contributed by atoms with van der Waals surface area (Å²) in [6, 6.07) is 8.62. The van der Waals surface area contributed by atoms with Gasteiger partial charge in [0.05, 0.1) is 19.9 Å². The highest BCUT2D eigenvalue weighted by Crippen LogP contribution is 2.29. The Labute approximate surface area is 151 Å². The van der Waals surface area contributed by atoms with E-state index in [2.05, 4.69) is 36.4 Å². The molecule has 0 bridgehead atoms. The molecule has 25 heavy (non-hydrogen) atoms. The number of carbonyl (C=O) groups is 1. The summed E-state index contributed by atoms with van der Waals surface area (Å²) in [4.78, 5) is 17.0. The molecule has 2 aromatic heterocycles. The Balaban J connectivity index is 1.93. The molecule has 0 aliphatic rings. The molecule has 0 saturated carbocycles. The largest absolute Gasteiger partial charge is 0.497 e. The van der Waals surface area contributed by atoms with Crippen molar-refractivity contribution in [1.29, 1.82) is 0 Å². The molecule has 2 heterocycles. The fourth-order valence-corrected chi connectivity index (χ4v) is 2.55. The van der Waals surface area contributed by atoms with Crippen molar-refractivity contribution in [2.24, 2.45) is 0 Å². The maximum atomic E-state index is 12.7. The third-order valence-electron chi connectivity index (χ3n) is 3.38. The van der Waals surface area contributed by atoms with Crippen molar-refractivity contribution < 1.29 is 14.3 Å². The quantitative estimate of drug-likeness (QED) is 0.703. The summed E-state index contributed by atoms with van der Waals surface area (Å²) in [6.45, 7) is 0. The minimum absolute atomic E-state index is 0.219. The van der Waals surface area contributed by atoms with Gasteiger partial charge in [0.25, 0.3) is 5.91 Å². The number of amides is 1. The van der Waals surface area contributed by atoms with Crippen molar-refractivity contribution >= 4 is 27.5 Å². The topological polar surface area (TPSA) is 91.2 Å². The Morgan fingerprint density at radius 1 is 1.12 bits per heavy atom. The zero-order valence-corrected chi connectivity index (χ0v) is 15.0. The molecule has 0 aliphatic carbocycles. The van der Waals surface area contributed by atoms with Crippen LogP contribution in [0.1, 0.15) is 10.5 Å². The van der Waals surface area contributed by atoms with Gasteiger partial charge in [0.2, 0.25) is 0 Å². The number of aromatic nitrogens is 4. The van der Waals surface area contributed by atoms with E-state index in [1.54, 1.807) is 42.0 Å². The number of rotatable bonds is 5. The van der Waals surface area contributed by atoms with Crippen LogP contribution in [0.15, 0.2) is 47.5 Å². The van der Waals surface area contributed by atoms with Crippen LogP contribution in [-0.2, 0) is 0 Å². The fraction of sp³-hybridized carbons (Fsp3) is 0.125. The fourth-order valence-electron chi connectivity index (χ4n) is 2.15. The second kappa shape index (κ2) is 7.31. The smallest absolute Gasteiger partial charge is 0.275 e. The van der Waals surface area contributed by atoms with Gasteiger partial charge >= 0.3 is 0 Å². The number of nitrogens with one attached hydrogen (secondary N) is 1. The zero-order chi connectivity index (χ0) is 17.8. The first-order valence-corrected chi connectivity index (χ1v) is 7.96. The van der Waals surface area contributed by atoms with E-state index in [1.807, 2.05) is 0 Å². The van der Waals surface area contributed by atoms with Crippen LogP contribution in [0.3, 0.4) is 0 Å². The van der Waals surface area contributed by atoms with Crippen LogP contribution in [0.4, 0.5) is 5.69 Å². The van der Waals surface area contributed by atoms with Crippen LogP contribution >= 0.6 is 15.9 Å². The number of hydrogen-bond donors (Lipinski definition) is 1.